The molecular formula is C19H30N2. The summed E-state index contributed by atoms with van der Waals surface area (Å²) >= 11 is 0. The van der Waals surface area contributed by atoms with Crippen LogP contribution in [0, 0.1) is 10.8 Å². The first-order valence-electron chi connectivity index (χ1n) is 7.89. The molecule has 1 aliphatic heterocycles. The van der Waals surface area contributed by atoms with E-state index < -0.39 is 0 Å². The number of fused-ring (bicyclic) bond motifs is 1. The summed E-state index contributed by atoms with van der Waals surface area (Å²) in [5.74, 6) is 1.08. The van der Waals surface area contributed by atoms with Crippen molar-refractivity contribution in [3.63, 3.8) is 0 Å². The topological polar surface area (TPSA) is 24.4 Å². The quantitative estimate of drug-likeness (QED) is 0.736. The van der Waals surface area contributed by atoms with Crippen LogP contribution in [0.5, 0.6) is 0 Å². The number of hydrogen-bond acceptors (Lipinski definition) is 2. The van der Waals surface area contributed by atoms with Crippen LogP contribution < -0.4 is 5.32 Å². The fraction of sp³-hybridized carbons (Fsp3) is 0.632. The van der Waals surface area contributed by atoms with Gasteiger partial charge in [-0.25, -0.2) is 0 Å². The molecule has 0 aromatic heterocycles. The van der Waals surface area contributed by atoms with Crippen molar-refractivity contribution in [1.29, 1.82) is 0 Å². The molecule has 0 bridgehead atoms. The molecule has 2 heteroatoms. The third-order valence-corrected chi connectivity index (χ3v) is 3.83. The van der Waals surface area contributed by atoms with Gasteiger partial charge in [0.2, 0.25) is 0 Å². The van der Waals surface area contributed by atoms with Gasteiger partial charge in [-0.1, -0.05) is 53.7 Å². The molecule has 0 spiro atoms. The number of nitrogens with one attached hydrogen (secondary N) is 1. The fourth-order valence-corrected chi connectivity index (χ4v) is 2.80. The van der Waals surface area contributed by atoms with E-state index in [1.54, 1.807) is 0 Å². The summed E-state index contributed by atoms with van der Waals surface area (Å²) in [6.07, 6.45) is 1.09. The van der Waals surface area contributed by atoms with Crippen molar-refractivity contribution in [1.82, 2.24) is 0 Å². The van der Waals surface area contributed by atoms with Crippen LogP contribution in [0.3, 0.4) is 0 Å². The summed E-state index contributed by atoms with van der Waals surface area (Å²) in [6, 6.07) is 6.81. The second-order valence-electron chi connectivity index (χ2n) is 9.01. The van der Waals surface area contributed by atoms with Crippen LogP contribution in [0.2, 0.25) is 0 Å². The Morgan fingerprint density at radius 1 is 1.05 bits per heavy atom. The van der Waals surface area contributed by atoms with Crippen LogP contribution in [0.4, 0.5) is 5.69 Å². The number of nitrogens with zero attached hydrogens (tertiary/aromatic N) is 1. The molecule has 0 saturated carbocycles. The Balaban J connectivity index is 2.43. The number of amidine groups is 1. The zero-order chi connectivity index (χ0) is 16.1. The molecule has 21 heavy (non-hydrogen) atoms. The number of rotatable bonds is 1. The SMILES string of the molecule is CC(C)(C)Cc1ccc2c(c1)NC(C(C)(C)C)=NC2(C)C. The minimum Gasteiger partial charge on any atom is -0.343 e. The lowest BCUT2D eigenvalue weighted by atomic mass is 9.84. The van der Waals surface area contributed by atoms with Gasteiger partial charge in [0.1, 0.15) is 5.84 Å². The first-order chi connectivity index (χ1) is 9.38. The van der Waals surface area contributed by atoms with Crippen LogP contribution in [0.1, 0.15) is 66.5 Å². The second-order valence-corrected chi connectivity index (χ2v) is 9.01. The van der Waals surface area contributed by atoms with Gasteiger partial charge in [0.05, 0.1) is 5.54 Å². The van der Waals surface area contributed by atoms with Crippen molar-refractivity contribution in [2.75, 3.05) is 5.32 Å². The third-order valence-electron chi connectivity index (χ3n) is 3.83. The summed E-state index contributed by atoms with van der Waals surface area (Å²) in [7, 11) is 0. The fourth-order valence-electron chi connectivity index (χ4n) is 2.80. The first-order valence-corrected chi connectivity index (χ1v) is 7.89. The molecule has 2 nitrogen and oxygen atoms in total. The standard InChI is InChI=1S/C19H30N2/c1-17(2,3)12-13-9-10-14-15(11-13)20-16(18(4,5)6)21-19(14,7)8/h9-11H,12H2,1-8H3,(H,20,21). The van der Waals surface area contributed by atoms with Crippen molar-refractivity contribution in [2.24, 2.45) is 15.8 Å². The van der Waals surface area contributed by atoms with E-state index in [-0.39, 0.29) is 11.0 Å². The van der Waals surface area contributed by atoms with Crippen LogP contribution >= 0.6 is 0 Å². The van der Waals surface area contributed by atoms with Crippen LogP contribution in [-0.4, -0.2) is 5.84 Å². The molecule has 1 heterocycles. The molecule has 0 radical (unpaired) electrons. The molecule has 0 amide bonds. The highest BCUT2D eigenvalue weighted by atomic mass is 15.1. The smallest absolute Gasteiger partial charge is 0.107 e. The van der Waals surface area contributed by atoms with Gasteiger partial charge in [0.15, 0.2) is 0 Å². The van der Waals surface area contributed by atoms with Crippen molar-refractivity contribution < 1.29 is 0 Å². The predicted molar refractivity (Wildman–Crippen MR) is 93.1 cm³/mol. The predicted octanol–water partition coefficient (Wildman–Crippen LogP) is 5.38. The normalized spacial score (nSPS) is 17.8. The summed E-state index contributed by atoms with van der Waals surface area (Å²) in [6.45, 7) is 17.9. The van der Waals surface area contributed by atoms with Gasteiger partial charge in [-0.05, 0) is 37.3 Å². The third kappa shape index (κ3) is 3.66. The Morgan fingerprint density at radius 3 is 2.19 bits per heavy atom. The highest BCUT2D eigenvalue weighted by Crippen LogP contribution is 2.38. The van der Waals surface area contributed by atoms with Gasteiger partial charge in [-0.3, -0.25) is 4.99 Å². The highest BCUT2D eigenvalue weighted by molar-refractivity contribution is 6.01. The second kappa shape index (κ2) is 4.86. The summed E-state index contributed by atoms with van der Waals surface area (Å²) < 4.78 is 0. The molecule has 2 rings (SSSR count). The lowest BCUT2D eigenvalue weighted by Gasteiger charge is -2.36. The lowest BCUT2D eigenvalue weighted by molar-refractivity contribution is 0.411. The Labute approximate surface area is 130 Å². The van der Waals surface area contributed by atoms with Crippen molar-refractivity contribution in [2.45, 2.75) is 67.3 Å². The zero-order valence-corrected chi connectivity index (χ0v) is 14.9. The van der Waals surface area contributed by atoms with E-state index in [0.29, 0.717) is 5.41 Å². The van der Waals surface area contributed by atoms with Crippen molar-refractivity contribution >= 4 is 11.5 Å². The van der Waals surface area contributed by atoms with E-state index in [2.05, 4.69) is 78.9 Å². The van der Waals surface area contributed by atoms with E-state index in [1.807, 2.05) is 0 Å². The van der Waals surface area contributed by atoms with E-state index in [9.17, 15) is 0 Å². The van der Waals surface area contributed by atoms with E-state index in [4.69, 9.17) is 4.99 Å². The number of benzene rings is 1. The molecule has 0 saturated heterocycles. The summed E-state index contributed by atoms with van der Waals surface area (Å²) in [4.78, 5) is 4.94. The van der Waals surface area contributed by atoms with Crippen molar-refractivity contribution in [3.05, 3.63) is 29.3 Å². The van der Waals surface area contributed by atoms with Crippen LogP contribution in [0.25, 0.3) is 0 Å². The average molecular weight is 286 g/mol. The molecule has 1 N–H and O–H groups in total. The zero-order valence-electron chi connectivity index (χ0n) is 14.9. The minimum absolute atomic E-state index is 0.0367. The van der Waals surface area contributed by atoms with Gasteiger partial charge in [-0.15, -0.1) is 0 Å². The number of hydrogen-bond donors (Lipinski definition) is 1. The molecule has 0 unspecified atom stereocenters. The Morgan fingerprint density at radius 2 is 1.67 bits per heavy atom. The minimum atomic E-state index is -0.163. The largest absolute Gasteiger partial charge is 0.343 e. The Hall–Kier alpha value is -1.31. The molecule has 1 aromatic carbocycles. The van der Waals surface area contributed by atoms with E-state index in [1.165, 1.54) is 16.8 Å². The highest BCUT2D eigenvalue weighted by Gasteiger charge is 2.32. The molecule has 0 fully saturated rings. The van der Waals surface area contributed by atoms with Crippen molar-refractivity contribution in [3.8, 4) is 0 Å². The maximum Gasteiger partial charge on any atom is 0.107 e. The molecule has 116 valence electrons. The molecule has 0 atom stereocenters. The molecule has 1 aromatic rings. The average Bonchev–Trinajstić information content (AvgIpc) is 2.23. The monoisotopic (exact) mass is 286 g/mol. The molecule has 0 aliphatic carbocycles. The number of anilines is 1. The summed E-state index contributed by atoms with van der Waals surface area (Å²) in [5, 5.41) is 3.57. The first kappa shape index (κ1) is 16.1. The Kier molecular flexibility index (Phi) is 3.72. The lowest BCUT2D eigenvalue weighted by Crippen LogP contribution is -2.36. The Bertz CT molecular complexity index is 566. The molecular weight excluding hydrogens is 256 g/mol. The maximum atomic E-state index is 4.94. The molecule has 1 aliphatic rings. The van der Waals surface area contributed by atoms with E-state index >= 15 is 0 Å². The number of aliphatic imine (C=N–C) groups is 1. The van der Waals surface area contributed by atoms with Gasteiger partial charge in [0, 0.05) is 16.7 Å². The maximum absolute atomic E-state index is 4.94. The van der Waals surface area contributed by atoms with Crippen LogP contribution in [0.15, 0.2) is 23.2 Å². The van der Waals surface area contributed by atoms with E-state index in [0.717, 1.165) is 12.3 Å². The van der Waals surface area contributed by atoms with Gasteiger partial charge < -0.3 is 5.32 Å². The van der Waals surface area contributed by atoms with Gasteiger partial charge in [-0.2, -0.15) is 0 Å². The summed E-state index contributed by atoms with van der Waals surface area (Å²) in [5.41, 5.74) is 4.08. The van der Waals surface area contributed by atoms with Crippen LogP contribution in [-0.2, 0) is 12.0 Å². The van der Waals surface area contributed by atoms with Gasteiger partial charge >= 0.3 is 0 Å². The van der Waals surface area contributed by atoms with Gasteiger partial charge in [0.25, 0.3) is 0 Å².